The third-order valence-electron chi connectivity index (χ3n) is 4.14. The molecule has 0 N–H and O–H groups in total. The van der Waals surface area contributed by atoms with Gasteiger partial charge in [0, 0.05) is 14.0 Å². The van der Waals surface area contributed by atoms with Crippen LogP contribution in [0.1, 0.15) is 23.5 Å². The summed E-state index contributed by atoms with van der Waals surface area (Å²) in [6, 6.07) is 16.3. The van der Waals surface area contributed by atoms with E-state index in [0.717, 1.165) is 20.0 Å². The van der Waals surface area contributed by atoms with E-state index in [9.17, 15) is 4.79 Å². The molecule has 1 saturated carbocycles. The van der Waals surface area contributed by atoms with Gasteiger partial charge in [0.05, 0.1) is 7.11 Å². The SMILES string of the molecule is COC(=O)[C@]1(c2ccc(I)cc2)C[C@H]1c1ccc(Br)cc1. The summed E-state index contributed by atoms with van der Waals surface area (Å²) in [5.74, 6) is 0.0507. The van der Waals surface area contributed by atoms with Crippen LogP contribution in [0.25, 0.3) is 0 Å². The summed E-state index contributed by atoms with van der Waals surface area (Å²) >= 11 is 5.72. The van der Waals surface area contributed by atoms with Gasteiger partial charge in [-0.1, -0.05) is 40.2 Å². The lowest BCUT2D eigenvalue weighted by atomic mass is 9.91. The van der Waals surface area contributed by atoms with Crippen molar-refractivity contribution in [1.29, 1.82) is 0 Å². The highest BCUT2D eigenvalue weighted by Crippen LogP contribution is 2.61. The third kappa shape index (κ3) is 2.63. The van der Waals surface area contributed by atoms with Crippen molar-refractivity contribution in [2.45, 2.75) is 17.8 Å². The predicted molar refractivity (Wildman–Crippen MR) is 94.4 cm³/mol. The molecular weight excluding hydrogens is 443 g/mol. The Kier molecular flexibility index (Phi) is 4.10. The molecule has 0 bridgehead atoms. The van der Waals surface area contributed by atoms with E-state index in [4.69, 9.17) is 4.74 Å². The minimum absolute atomic E-state index is 0.142. The summed E-state index contributed by atoms with van der Waals surface area (Å²) in [6.45, 7) is 0. The molecule has 1 aliphatic rings. The average molecular weight is 457 g/mol. The van der Waals surface area contributed by atoms with E-state index in [1.165, 1.54) is 12.7 Å². The van der Waals surface area contributed by atoms with Crippen LogP contribution in [0.3, 0.4) is 0 Å². The molecule has 21 heavy (non-hydrogen) atoms. The maximum Gasteiger partial charge on any atom is 0.316 e. The van der Waals surface area contributed by atoms with E-state index in [1.54, 1.807) is 0 Å². The number of hydrogen-bond donors (Lipinski definition) is 0. The molecular formula is C17H14BrIO2. The summed E-state index contributed by atoms with van der Waals surface area (Å²) in [5, 5.41) is 0. The maximum atomic E-state index is 12.4. The van der Waals surface area contributed by atoms with Gasteiger partial charge in [-0.25, -0.2) is 0 Å². The minimum atomic E-state index is -0.521. The predicted octanol–water partition coefficient (Wildman–Crippen LogP) is 4.65. The lowest BCUT2D eigenvalue weighted by molar-refractivity contribution is -0.143. The topological polar surface area (TPSA) is 26.3 Å². The number of esters is 1. The van der Waals surface area contributed by atoms with Gasteiger partial charge in [-0.15, -0.1) is 0 Å². The molecule has 0 amide bonds. The van der Waals surface area contributed by atoms with Gasteiger partial charge in [0.1, 0.15) is 5.41 Å². The molecule has 1 fully saturated rings. The zero-order valence-electron chi connectivity index (χ0n) is 11.5. The summed E-state index contributed by atoms with van der Waals surface area (Å²) in [7, 11) is 1.47. The first-order valence-corrected chi connectivity index (χ1v) is 8.55. The van der Waals surface area contributed by atoms with E-state index in [0.29, 0.717) is 0 Å². The lowest BCUT2D eigenvalue weighted by Crippen LogP contribution is -2.24. The Bertz CT molecular complexity index is 666. The second kappa shape index (κ2) is 5.72. The van der Waals surface area contributed by atoms with Crippen LogP contribution in [0.15, 0.2) is 53.0 Å². The molecule has 2 atom stereocenters. The van der Waals surface area contributed by atoms with Crippen LogP contribution in [-0.2, 0) is 14.9 Å². The minimum Gasteiger partial charge on any atom is -0.468 e. The second-order valence-electron chi connectivity index (χ2n) is 5.28. The van der Waals surface area contributed by atoms with E-state index in [-0.39, 0.29) is 11.9 Å². The Labute approximate surface area is 146 Å². The van der Waals surface area contributed by atoms with Crippen molar-refractivity contribution in [3.63, 3.8) is 0 Å². The molecule has 0 spiro atoms. The zero-order valence-corrected chi connectivity index (χ0v) is 15.2. The molecule has 0 aromatic heterocycles. The van der Waals surface area contributed by atoms with Crippen molar-refractivity contribution >= 4 is 44.5 Å². The molecule has 0 aliphatic heterocycles. The molecule has 2 aromatic rings. The van der Waals surface area contributed by atoms with E-state index >= 15 is 0 Å². The molecule has 0 unspecified atom stereocenters. The normalized spacial score (nSPS) is 23.7. The van der Waals surface area contributed by atoms with Gasteiger partial charge in [-0.3, -0.25) is 4.79 Å². The third-order valence-corrected chi connectivity index (χ3v) is 5.39. The molecule has 4 heteroatoms. The molecule has 1 aliphatic carbocycles. The number of ether oxygens (including phenoxy) is 1. The fraction of sp³-hybridized carbons (Fsp3) is 0.235. The Hall–Kier alpha value is -0.880. The van der Waals surface area contributed by atoms with Gasteiger partial charge in [0.25, 0.3) is 0 Å². The Morgan fingerprint density at radius 1 is 1.19 bits per heavy atom. The molecule has 108 valence electrons. The van der Waals surface area contributed by atoms with E-state index in [2.05, 4.69) is 50.7 Å². The van der Waals surface area contributed by atoms with E-state index in [1.807, 2.05) is 36.4 Å². The van der Waals surface area contributed by atoms with Gasteiger partial charge < -0.3 is 4.74 Å². The number of halogens is 2. The van der Waals surface area contributed by atoms with Crippen molar-refractivity contribution in [2.75, 3.05) is 7.11 Å². The molecule has 0 radical (unpaired) electrons. The summed E-state index contributed by atoms with van der Waals surface area (Å²) in [5.41, 5.74) is 1.71. The number of carbonyl (C=O) groups excluding carboxylic acids is 1. The van der Waals surface area contributed by atoms with Crippen molar-refractivity contribution in [3.8, 4) is 0 Å². The Balaban J connectivity index is 1.99. The first-order chi connectivity index (χ1) is 10.1. The van der Waals surface area contributed by atoms with Crippen molar-refractivity contribution in [2.24, 2.45) is 0 Å². The summed E-state index contributed by atoms with van der Waals surface area (Å²) < 4.78 is 7.30. The first kappa shape index (κ1) is 15.0. The van der Waals surface area contributed by atoms with Gasteiger partial charge in [-0.2, -0.15) is 0 Å². The van der Waals surface area contributed by atoms with Gasteiger partial charge >= 0.3 is 5.97 Å². The highest BCUT2D eigenvalue weighted by molar-refractivity contribution is 14.1. The van der Waals surface area contributed by atoms with Crippen molar-refractivity contribution in [3.05, 3.63) is 67.7 Å². The van der Waals surface area contributed by atoms with Gasteiger partial charge in [0.2, 0.25) is 0 Å². The Morgan fingerprint density at radius 3 is 2.38 bits per heavy atom. The first-order valence-electron chi connectivity index (χ1n) is 6.68. The van der Waals surface area contributed by atoms with Crippen LogP contribution >= 0.6 is 38.5 Å². The van der Waals surface area contributed by atoms with Crippen LogP contribution in [0.4, 0.5) is 0 Å². The number of hydrogen-bond acceptors (Lipinski definition) is 2. The summed E-state index contributed by atoms with van der Waals surface area (Å²) in [4.78, 5) is 12.4. The number of methoxy groups -OCH3 is 1. The largest absolute Gasteiger partial charge is 0.468 e. The van der Waals surface area contributed by atoms with E-state index < -0.39 is 5.41 Å². The number of carbonyl (C=O) groups is 1. The highest BCUT2D eigenvalue weighted by atomic mass is 127. The van der Waals surface area contributed by atoms with Crippen LogP contribution in [-0.4, -0.2) is 13.1 Å². The Morgan fingerprint density at radius 2 is 1.81 bits per heavy atom. The molecule has 0 heterocycles. The van der Waals surface area contributed by atoms with Gasteiger partial charge in [-0.05, 0) is 64.4 Å². The van der Waals surface area contributed by atoms with Gasteiger partial charge in [0.15, 0.2) is 0 Å². The standard InChI is InChI=1S/C17H14BrIO2/c1-21-16(20)17(12-4-8-14(19)9-5-12)10-15(17)11-2-6-13(18)7-3-11/h2-9,15H,10H2,1H3/t15-,17-/m0/s1. The zero-order chi connectivity index (χ0) is 15.0. The summed E-state index contributed by atoms with van der Waals surface area (Å²) in [6.07, 6.45) is 0.807. The smallest absolute Gasteiger partial charge is 0.316 e. The molecule has 2 nitrogen and oxygen atoms in total. The van der Waals surface area contributed by atoms with Crippen LogP contribution in [0.5, 0.6) is 0 Å². The monoisotopic (exact) mass is 456 g/mol. The fourth-order valence-corrected chi connectivity index (χ4v) is 3.58. The number of benzene rings is 2. The average Bonchev–Trinajstić information content (AvgIpc) is 3.24. The van der Waals surface area contributed by atoms with Crippen molar-refractivity contribution in [1.82, 2.24) is 0 Å². The van der Waals surface area contributed by atoms with Crippen LogP contribution < -0.4 is 0 Å². The lowest BCUT2D eigenvalue weighted by Gasteiger charge is -2.16. The highest BCUT2D eigenvalue weighted by Gasteiger charge is 2.62. The quantitative estimate of drug-likeness (QED) is 0.496. The van der Waals surface area contributed by atoms with Crippen LogP contribution in [0.2, 0.25) is 0 Å². The fourth-order valence-electron chi connectivity index (χ4n) is 2.95. The van der Waals surface area contributed by atoms with Crippen LogP contribution in [0, 0.1) is 3.57 Å². The molecule has 2 aromatic carbocycles. The maximum absolute atomic E-state index is 12.4. The molecule has 0 saturated heterocycles. The molecule has 3 rings (SSSR count). The number of rotatable bonds is 3. The second-order valence-corrected chi connectivity index (χ2v) is 7.44. The van der Waals surface area contributed by atoms with Crippen molar-refractivity contribution < 1.29 is 9.53 Å².